The van der Waals surface area contributed by atoms with E-state index in [-0.39, 0.29) is 5.56 Å². The monoisotopic (exact) mass is 382 g/mol. The number of benzene rings is 1. The standard InChI is InChI=1S/C19H21F3N2OS/c20-19(21,22)16-6-1-5-15(10-16)18(25)23-11-14-4-2-8-24(12-14)13-17-7-3-9-26-17/h1,3,5-7,9-10,14H,2,4,8,11-13H2,(H,23,25). The first-order valence-electron chi connectivity index (χ1n) is 8.62. The van der Waals surface area contributed by atoms with E-state index in [1.807, 2.05) is 6.07 Å². The van der Waals surface area contributed by atoms with E-state index in [0.29, 0.717) is 12.5 Å². The van der Waals surface area contributed by atoms with Gasteiger partial charge in [0.15, 0.2) is 0 Å². The highest BCUT2D eigenvalue weighted by molar-refractivity contribution is 7.09. The van der Waals surface area contributed by atoms with E-state index < -0.39 is 17.6 Å². The van der Waals surface area contributed by atoms with Crippen molar-refractivity contribution in [1.82, 2.24) is 10.2 Å². The lowest BCUT2D eigenvalue weighted by molar-refractivity contribution is -0.137. The van der Waals surface area contributed by atoms with Crippen LogP contribution >= 0.6 is 11.3 Å². The van der Waals surface area contributed by atoms with Gasteiger partial charge in [0, 0.05) is 30.1 Å². The van der Waals surface area contributed by atoms with E-state index in [4.69, 9.17) is 0 Å². The van der Waals surface area contributed by atoms with Gasteiger partial charge >= 0.3 is 6.18 Å². The van der Waals surface area contributed by atoms with Crippen LogP contribution in [0.25, 0.3) is 0 Å². The lowest BCUT2D eigenvalue weighted by Gasteiger charge is -2.32. The molecular weight excluding hydrogens is 361 g/mol. The Labute approximate surface area is 154 Å². The molecule has 7 heteroatoms. The molecule has 1 aliphatic heterocycles. The lowest BCUT2D eigenvalue weighted by Crippen LogP contribution is -2.40. The Bertz CT molecular complexity index is 731. The molecule has 3 rings (SSSR count). The molecule has 1 saturated heterocycles. The van der Waals surface area contributed by atoms with Crippen LogP contribution < -0.4 is 5.32 Å². The molecule has 0 saturated carbocycles. The van der Waals surface area contributed by atoms with Gasteiger partial charge in [-0.2, -0.15) is 13.2 Å². The number of thiophene rings is 1. The Kier molecular flexibility index (Phi) is 5.98. The topological polar surface area (TPSA) is 32.3 Å². The molecule has 1 N–H and O–H groups in total. The van der Waals surface area contributed by atoms with Crippen molar-refractivity contribution in [1.29, 1.82) is 0 Å². The molecule has 1 atom stereocenters. The fraction of sp³-hybridized carbons (Fsp3) is 0.421. The molecule has 2 heterocycles. The SMILES string of the molecule is O=C(NCC1CCCN(Cc2cccs2)C1)c1cccc(C(F)(F)F)c1. The number of hydrogen-bond donors (Lipinski definition) is 1. The number of piperidine rings is 1. The van der Waals surface area contributed by atoms with Gasteiger partial charge in [-0.15, -0.1) is 11.3 Å². The third kappa shape index (κ3) is 5.08. The van der Waals surface area contributed by atoms with Crippen LogP contribution in [-0.2, 0) is 12.7 Å². The van der Waals surface area contributed by atoms with Crippen molar-refractivity contribution in [2.24, 2.45) is 5.92 Å². The second kappa shape index (κ2) is 8.22. The molecule has 0 spiro atoms. The Morgan fingerprint density at radius 1 is 1.27 bits per heavy atom. The quantitative estimate of drug-likeness (QED) is 0.831. The van der Waals surface area contributed by atoms with E-state index in [2.05, 4.69) is 21.7 Å². The van der Waals surface area contributed by atoms with Crippen LogP contribution in [0.1, 0.15) is 33.6 Å². The van der Waals surface area contributed by atoms with Crippen LogP contribution in [0.3, 0.4) is 0 Å². The molecule has 3 nitrogen and oxygen atoms in total. The number of carbonyl (C=O) groups excluding carboxylic acids is 1. The minimum Gasteiger partial charge on any atom is -0.352 e. The summed E-state index contributed by atoms with van der Waals surface area (Å²) in [5.74, 6) is -0.134. The van der Waals surface area contributed by atoms with Gasteiger partial charge in [-0.1, -0.05) is 12.1 Å². The molecule has 0 radical (unpaired) electrons. The van der Waals surface area contributed by atoms with Crippen molar-refractivity contribution in [3.63, 3.8) is 0 Å². The molecule has 0 bridgehead atoms. The summed E-state index contributed by atoms with van der Waals surface area (Å²) >= 11 is 1.73. The van der Waals surface area contributed by atoms with Crippen LogP contribution in [0.4, 0.5) is 13.2 Å². The predicted molar refractivity (Wildman–Crippen MR) is 96.1 cm³/mol. The number of hydrogen-bond acceptors (Lipinski definition) is 3. The van der Waals surface area contributed by atoms with E-state index >= 15 is 0 Å². The average Bonchev–Trinajstić information content (AvgIpc) is 3.12. The Morgan fingerprint density at radius 2 is 2.12 bits per heavy atom. The number of amides is 1. The Morgan fingerprint density at radius 3 is 2.85 bits per heavy atom. The van der Waals surface area contributed by atoms with Crippen LogP contribution in [0.15, 0.2) is 41.8 Å². The maximum Gasteiger partial charge on any atom is 0.416 e. The van der Waals surface area contributed by atoms with Gasteiger partial charge in [0.1, 0.15) is 0 Å². The lowest BCUT2D eigenvalue weighted by atomic mass is 9.97. The van der Waals surface area contributed by atoms with Crippen molar-refractivity contribution in [2.45, 2.75) is 25.6 Å². The molecular formula is C19H21F3N2OS. The molecule has 1 amide bonds. The van der Waals surface area contributed by atoms with Gasteiger partial charge in [0.05, 0.1) is 5.56 Å². The second-order valence-electron chi connectivity index (χ2n) is 6.61. The zero-order valence-corrected chi connectivity index (χ0v) is 15.1. The Hall–Kier alpha value is -1.86. The number of nitrogens with zero attached hydrogens (tertiary/aromatic N) is 1. The van der Waals surface area contributed by atoms with Crippen molar-refractivity contribution in [3.05, 3.63) is 57.8 Å². The van der Waals surface area contributed by atoms with Crippen LogP contribution in [0.2, 0.25) is 0 Å². The first-order chi connectivity index (χ1) is 12.4. The van der Waals surface area contributed by atoms with Crippen molar-refractivity contribution < 1.29 is 18.0 Å². The minimum atomic E-state index is -4.44. The maximum absolute atomic E-state index is 12.8. The third-order valence-electron chi connectivity index (χ3n) is 4.57. The summed E-state index contributed by atoms with van der Waals surface area (Å²) in [6.07, 6.45) is -2.36. The molecule has 140 valence electrons. The van der Waals surface area contributed by atoms with Crippen LogP contribution in [-0.4, -0.2) is 30.4 Å². The van der Waals surface area contributed by atoms with E-state index in [1.54, 1.807) is 11.3 Å². The zero-order chi connectivity index (χ0) is 18.6. The molecule has 1 aliphatic rings. The molecule has 1 fully saturated rings. The first kappa shape index (κ1) is 18.9. The van der Waals surface area contributed by atoms with E-state index in [0.717, 1.165) is 44.6 Å². The van der Waals surface area contributed by atoms with Gasteiger partial charge in [0.25, 0.3) is 5.91 Å². The summed E-state index contributed by atoms with van der Waals surface area (Å²) < 4.78 is 38.3. The van der Waals surface area contributed by atoms with Crippen molar-refractivity contribution in [2.75, 3.05) is 19.6 Å². The summed E-state index contributed by atoms with van der Waals surface area (Å²) in [4.78, 5) is 15.9. The van der Waals surface area contributed by atoms with Crippen LogP contribution in [0.5, 0.6) is 0 Å². The molecule has 26 heavy (non-hydrogen) atoms. The van der Waals surface area contributed by atoms with E-state index in [9.17, 15) is 18.0 Å². The fourth-order valence-electron chi connectivity index (χ4n) is 3.26. The van der Waals surface area contributed by atoms with Gasteiger partial charge in [-0.05, 0) is 54.9 Å². The molecule has 1 aromatic carbocycles. The summed E-state index contributed by atoms with van der Waals surface area (Å²) in [5, 5.41) is 4.86. The largest absolute Gasteiger partial charge is 0.416 e. The summed E-state index contributed by atoms with van der Waals surface area (Å²) in [6.45, 7) is 3.32. The zero-order valence-electron chi connectivity index (χ0n) is 14.3. The number of likely N-dealkylation sites (tertiary alicyclic amines) is 1. The first-order valence-corrected chi connectivity index (χ1v) is 9.50. The number of nitrogens with one attached hydrogen (secondary N) is 1. The summed E-state index contributed by atoms with van der Waals surface area (Å²) in [7, 11) is 0. The Balaban J connectivity index is 1.52. The van der Waals surface area contributed by atoms with Gasteiger partial charge < -0.3 is 5.32 Å². The highest BCUT2D eigenvalue weighted by Crippen LogP contribution is 2.29. The number of alkyl halides is 3. The number of carbonyl (C=O) groups is 1. The van der Waals surface area contributed by atoms with Gasteiger partial charge in [-0.3, -0.25) is 9.69 Å². The van der Waals surface area contributed by atoms with Gasteiger partial charge in [0.2, 0.25) is 0 Å². The third-order valence-corrected chi connectivity index (χ3v) is 5.43. The van der Waals surface area contributed by atoms with E-state index in [1.165, 1.54) is 17.0 Å². The smallest absolute Gasteiger partial charge is 0.352 e. The number of halogens is 3. The highest BCUT2D eigenvalue weighted by Gasteiger charge is 2.31. The average molecular weight is 382 g/mol. The van der Waals surface area contributed by atoms with Crippen molar-refractivity contribution >= 4 is 17.2 Å². The summed E-state index contributed by atoms with van der Waals surface area (Å²) in [6, 6.07) is 8.70. The summed E-state index contributed by atoms with van der Waals surface area (Å²) in [5.41, 5.74) is -0.754. The molecule has 2 aromatic rings. The molecule has 1 unspecified atom stereocenters. The normalized spacial score (nSPS) is 18.7. The second-order valence-corrected chi connectivity index (χ2v) is 7.64. The van der Waals surface area contributed by atoms with Crippen LogP contribution in [0, 0.1) is 5.92 Å². The number of rotatable bonds is 5. The van der Waals surface area contributed by atoms with Crippen molar-refractivity contribution in [3.8, 4) is 0 Å². The fourth-order valence-corrected chi connectivity index (χ4v) is 4.01. The highest BCUT2D eigenvalue weighted by atomic mass is 32.1. The molecule has 0 aliphatic carbocycles. The predicted octanol–water partition coefficient (Wildman–Crippen LogP) is 4.41. The van der Waals surface area contributed by atoms with Gasteiger partial charge in [-0.25, -0.2) is 0 Å². The minimum absolute atomic E-state index is 0.0473. The molecule has 1 aromatic heterocycles. The maximum atomic E-state index is 12.8.